The summed E-state index contributed by atoms with van der Waals surface area (Å²) in [4.78, 5) is 13.5. The van der Waals surface area contributed by atoms with Gasteiger partial charge < -0.3 is 9.84 Å². The third kappa shape index (κ3) is 5.68. The smallest absolute Gasteiger partial charge is 0.334 e. The molecule has 0 spiro atoms. The van der Waals surface area contributed by atoms with Crippen LogP contribution in [-0.4, -0.2) is 42.3 Å². The lowest BCUT2D eigenvalue weighted by Gasteiger charge is -2.21. The molecule has 0 bridgehead atoms. The quantitative estimate of drug-likeness (QED) is 0.572. The lowest BCUT2D eigenvalue weighted by molar-refractivity contribution is -0.138. The molecule has 19 heavy (non-hydrogen) atoms. The molecule has 0 aliphatic carbocycles. The van der Waals surface area contributed by atoms with E-state index >= 15 is 0 Å². The number of carbonyl (C=O) groups is 1. The highest BCUT2D eigenvalue weighted by atomic mass is 16.5. The van der Waals surface area contributed by atoms with Gasteiger partial charge in [-0.3, -0.25) is 4.90 Å². The first-order chi connectivity index (χ1) is 9.17. The van der Waals surface area contributed by atoms with Gasteiger partial charge in [-0.05, 0) is 12.5 Å². The SMILES string of the molecule is C=C(CN(CCO)Cc1ccccc1)C(=O)OCC. The van der Waals surface area contributed by atoms with Gasteiger partial charge in [0.1, 0.15) is 0 Å². The summed E-state index contributed by atoms with van der Waals surface area (Å²) < 4.78 is 4.91. The monoisotopic (exact) mass is 263 g/mol. The van der Waals surface area contributed by atoms with E-state index in [4.69, 9.17) is 9.84 Å². The zero-order valence-corrected chi connectivity index (χ0v) is 11.3. The summed E-state index contributed by atoms with van der Waals surface area (Å²) in [6.07, 6.45) is 0. The maximum absolute atomic E-state index is 11.5. The van der Waals surface area contributed by atoms with Gasteiger partial charge in [0.05, 0.1) is 13.2 Å². The molecule has 1 aromatic rings. The Labute approximate surface area is 114 Å². The van der Waals surface area contributed by atoms with Crippen LogP contribution in [0.2, 0.25) is 0 Å². The molecule has 0 atom stereocenters. The van der Waals surface area contributed by atoms with Crippen LogP contribution in [0.1, 0.15) is 12.5 Å². The molecule has 0 amide bonds. The van der Waals surface area contributed by atoms with E-state index in [0.717, 1.165) is 5.56 Å². The van der Waals surface area contributed by atoms with Crippen molar-refractivity contribution in [1.82, 2.24) is 4.90 Å². The number of nitrogens with zero attached hydrogens (tertiary/aromatic N) is 1. The normalized spacial score (nSPS) is 10.5. The molecule has 0 aromatic heterocycles. The third-order valence-corrected chi connectivity index (χ3v) is 2.64. The van der Waals surface area contributed by atoms with E-state index in [1.807, 2.05) is 35.2 Å². The Kier molecular flexibility index (Phi) is 6.85. The average molecular weight is 263 g/mol. The summed E-state index contributed by atoms with van der Waals surface area (Å²) in [7, 11) is 0. The molecule has 0 aliphatic rings. The van der Waals surface area contributed by atoms with Crippen molar-refractivity contribution in [3.63, 3.8) is 0 Å². The summed E-state index contributed by atoms with van der Waals surface area (Å²) in [6, 6.07) is 9.91. The largest absolute Gasteiger partial charge is 0.463 e. The van der Waals surface area contributed by atoms with Gasteiger partial charge in [0.15, 0.2) is 0 Å². The van der Waals surface area contributed by atoms with Crippen LogP contribution in [0.5, 0.6) is 0 Å². The molecule has 0 fully saturated rings. The molecular weight excluding hydrogens is 242 g/mol. The van der Waals surface area contributed by atoms with Crippen molar-refractivity contribution in [3.8, 4) is 0 Å². The first kappa shape index (κ1) is 15.4. The standard InChI is InChI=1S/C15H21NO3/c1-3-19-15(18)13(2)11-16(9-10-17)12-14-7-5-4-6-8-14/h4-8,17H,2-3,9-12H2,1H3. The van der Waals surface area contributed by atoms with E-state index in [9.17, 15) is 4.79 Å². The lowest BCUT2D eigenvalue weighted by atomic mass is 10.2. The average Bonchev–Trinajstić information content (AvgIpc) is 2.40. The highest BCUT2D eigenvalue weighted by molar-refractivity contribution is 5.88. The number of esters is 1. The molecule has 0 heterocycles. The van der Waals surface area contributed by atoms with Gasteiger partial charge in [0.25, 0.3) is 0 Å². The number of ether oxygens (including phenoxy) is 1. The second kappa shape index (κ2) is 8.45. The van der Waals surface area contributed by atoms with Crippen molar-refractivity contribution in [2.75, 3.05) is 26.3 Å². The minimum Gasteiger partial charge on any atom is -0.463 e. The minimum atomic E-state index is -0.376. The van der Waals surface area contributed by atoms with Gasteiger partial charge in [-0.1, -0.05) is 36.9 Å². The predicted octanol–water partition coefficient (Wildman–Crippen LogP) is 1.60. The van der Waals surface area contributed by atoms with E-state index in [2.05, 4.69) is 6.58 Å². The van der Waals surface area contributed by atoms with Crippen LogP contribution >= 0.6 is 0 Å². The van der Waals surface area contributed by atoms with Gasteiger partial charge in [-0.2, -0.15) is 0 Å². The van der Waals surface area contributed by atoms with Crippen molar-refractivity contribution >= 4 is 5.97 Å². The molecule has 4 heteroatoms. The fourth-order valence-corrected chi connectivity index (χ4v) is 1.76. The summed E-state index contributed by atoms with van der Waals surface area (Å²) >= 11 is 0. The van der Waals surface area contributed by atoms with E-state index in [1.165, 1.54) is 0 Å². The Morgan fingerprint density at radius 2 is 2.05 bits per heavy atom. The van der Waals surface area contributed by atoms with Gasteiger partial charge >= 0.3 is 5.97 Å². The molecule has 1 N–H and O–H groups in total. The second-order valence-corrected chi connectivity index (χ2v) is 4.24. The molecule has 0 unspecified atom stereocenters. The highest BCUT2D eigenvalue weighted by Gasteiger charge is 2.13. The van der Waals surface area contributed by atoms with E-state index in [0.29, 0.717) is 31.8 Å². The van der Waals surface area contributed by atoms with Gasteiger partial charge in [0.2, 0.25) is 0 Å². The number of aliphatic hydroxyl groups excluding tert-OH is 1. The van der Waals surface area contributed by atoms with Crippen LogP contribution < -0.4 is 0 Å². The van der Waals surface area contributed by atoms with Crippen molar-refractivity contribution < 1.29 is 14.6 Å². The molecule has 1 rings (SSSR count). The molecule has 4 nitrogen and oxygen atoms in total. The maximum Gasteiger partial charge on any atom is 0.334 e. The molecule has 1 aromatic carbocycles. The number of hydrogen-bond acceptors (Lipinski definition) is 4. The van der Waals surface area contributed by atoms with Crippen molar-refractivity contribution in [2.24, 2.45) is 0 Å². The van der Waals surface area contributed by atoms with Crippen LogP contribution in [0.15, 0.2) is 42.5 Å². The van der Waals surface area contributed by atoms with Crippen molar-refractivity contribution in [2.45, 2.75) is 13.5 Å². The van der Waals surface area contributed by atoms with Crippen molar-refractivity contribution in [1.29, 1.82) is 0 Å². The first-order valence-electron chi connectivity index (χ1n) is 6.39. The molecule has 0 saturated heterocycles. The number of benzene rings is 1. The van der Waals surface area contributed by atoms with Gasteiger partial charge in [0, 0.05) is 25.2 Å². The van der Waals surface area contributed by atoms with Crippen LogP contribution in [0, 0.1) is 0 Å². The summed E-state index contributed by atoms with van der Waals surface area (Å²) in [5, 5.41) is 9.08. The van der Waals surface area contributed by atoms with Crippen LogP contribution in [-0.2, 0) is 16.1 Å². The Morgan fingerprint density at radius 3 is 2.63 bits per heavy atom. The fraction of sp³-hybridized carbons (Fsp3) is 0.400. The van der Waals surface area contributed by atoms with Gasteiger partial charge in [-0.15, -0.1) is 0 Å². The topological polar surface area (TPSA) is 49.8 Å². The van der Waals surface area contributed by atoms with Crippen LogP contribution in [0.25, 0.3) is 0 Å². The number of carbonyl (C=O) groups excluding carboxylic acids is 1. The Bertz CT molecular complexity index is 403. The number of rotatable bonds is 8. The van der Waals surface area contributed by atoms with Crippen LogP contribution in [0.4, 0.5) is 0 Å². The predicted molar refractivity (Wildman–Crippen MR) is 74.6 cm³/mol. The van der Waals surface area contributed by atoms with Crippen molar-refractivity contribution in [3.05, 3.63) is 48.0 Å². The Hall–Kier alpha value is -1.65. The molecular formula is C15H21NO3. The van der Waals surface area contributed by atoms with E-state index in [-0.39, 0.29) is 12.6 Å². The first-order valence-corrected chi connectivity index (χ1v) is 6.39. The Morgan fingerprint density at radius 1 is 1.37 bits per heavy atom. The molecule has 104 valence electrons. The second-order valence-electron chi connectivity index (χ2n) is 4.24. The fourth-order valence-electron chi connectivity index (χ4n) is 1.76. The minimum absolute atomic E-state index is 0.0446. The third-order valence-electron chi connectivity index (χ3n) is 2.64. The zero-order chi connectivity index (χ0) is 14.1. The van der Waals surface area contributed by atoms with E-state index in [1.54, 1.807) is 6.92 Å². The highest BCUT2D eigenvalue weighted by Crippen LogP contribution is 2.07. The number of hydrogen-bond donors (Lipinski definition) is 1. The van der Waals surface area contributed by atoms with E-state index < -0.39 is 0 Å². The van der Waals surface area contributed by atoms with Gasteiger partial charge in [-0.25, -0.2) is 4.79 Å². The summed E-state index contributed by atoms with van der Waals surface area (Å²) in [6.45, 7) is 7.45. The molecule has 0 aliphatic heterocycles. The Balaban J connectivity index is 2.57. The summed E-state index contributed by atoms with van der Waals surface area (Å²) in [5.41, 5.74) is 1.54. The lowest BCUT2D eigenvalue weighted by Crippen LogP contribution is -2.30. The van der Waals surface area contributed by atoms with Crippen LogP contribution in [0.3, 0.4) is 0 Å². The molecule has 0 radical (unpaired) electrons. The molecule has 0 saturated carbocycles. The number of aliphatic hydroxyl groups is 1. The maximum atomic E-state index is 11.5. The summed E-state index contributed by atoms with van der Waals surface area (Å²) in [5.74, 6) is -0.376. The zero-order valence-electron chi connectivity index (χ0n) is 11.3.